The Morgan fingerprint density at radius 1 is 1.32 bits per heavy atom. The normalized spacial score (nSPS) is 17.2. The summed E-state index contributed by atoms with van der Waals surface area (Å²) in [4.78, 5) is 16.0. The smallest absolute Gasteiger partial charge is 0.236 e. The number of hydrogen-bond donors (Lipinski definition) is 0. The topological polar surface area (TPSA) is 32.8 Å². The molecular weight excluding hydrogens is 308 g/mol. The van der Waals surface area contributed by atoms with Crippen LogP contribution in [-0.2, 0) is 4.79 Å². The summed E-state index contributed by atoms with van der Waals surface area (Å²) >= 11 is 3.33. The molecule has 1 heterocycles. The molecule has 1 aliphatic heterocycles. The number of alkyl halides is 1. The first-order chi connectivity index (χ1) is 9.11. The third-order valence-electron chi connectivity index (χ3n) is 3.35. The molecule has 1 amide bonds. The van der Waals surface area contributed by atoms with Crippen LogP contribution in [-0.4, -0.2) is 48.9 Å². The fourth-order valence-corrected chi connectivity index (χ4v) is 2.53. The van der Waals surface area contributed by atoms with Crippen LogP contribution in [0.25, 0.3) is 0 Å². The highest BCUT2D eigenvalue weighted by Crippen LogP contribution is 2.22. The average molecular weight is 327 g/mol. The lowest BCUT2D eigenvalue weighted by molar-refractivity contribution is -0.130. The van der Waals surface area contributed by atoms with Gasteiger partial charge in [-0.1, -0.05) is 22.0 Å². The minimum Gasteiger partial charge on any atom is -0.497 e. The van der Waals surface area contributed by atoms with E-state index in [1.54, 1.807) is 7.11 Å². The second kappa shape index (κ2) is 6.28. The lowest BCUT2D eigenvalue weighted by Crippen LogP contribution is -2.50. The quantitative estimate of drug-likeness (QED) is 0.798. The van der Waals surface area contributed by atoms with Crippen molar-refractivity contribution < 1.29 is 9.53 Å². The van der Waals surface area contributed by atoms with Gasteiger partial charge in [0.05, 0.1) is 11.9 Å². The van der Waals surface area contributed by atoms with Gasteiger partial charge in [-0.3, -0.25) is 4.79 Å². The number of carbonyl (C=O) groups excluding carboxylic acids is 1. The number of amides is 1. The van der Waals surface area contributed by atoms with Crippen LogP contribution >= 0.6 is 15.9 Å². The van der Waals surface area contributed by atoms with Crippen LogP contribution in [0, 0.1) is 0 Å². The van der Waals surface area contributed by atoms with Crippen LogP contribution in [0.5, 0.6) is 5.75 Å². The highest BCUT2D eigenvalue weighted by Gasteiger charge is 2.23. The Morgan fingerprint density at radius 3 is 2.58 bits per heavy atom. The predicted octanol–water partition coefficient (Wildman–Crippen LogP) is 2.13. The van der Waals surface area contributed by atoms with E-state index in [2.05, 4.69) is 26.9 Å². The summed E-state index contributed by atoms with van der Waals surface area (Å²) in [7, 11) is 1.67. The molecule has 1 fully saturated rings. The maximum absolute atomic E-state index is 11.9. The Hall–Kier alpha value is -1.23. The van der Waals surface area contributed by atoms with Gasteiger partial charge in [0.2, 0.25) is 5.91 Å². The molecule has 0 saturated carbocycles. The molecule has 1 saturated heterocycles. The molecule has 0 radical (unpaired) electrons. The number of nitrogens with zero attached hydrogens (tertiary/aromatic N) is 2. The van der Waals surface area contributed by atoms with Crippen LogP contribution in [0.3, 0.4) is 0 Å². The zero-order valence-electron chi connectivity index (χ0n) is 11.3. The first-order valence-corrected chi connectivity index (χ1v) is 7.35. The number of piperazine rings is 1. The van der Waals surface area contributed by atoms with Crippen molar-refractivity contribution in [1.82, 2.24) is 4.90 Å². The number of halogens is 1. The van der Waals surface area contributed by atoms with E-state index in [4.69, 9.17) is 4.74 Å². The van der Waals surface area contributed by atoms with Gasteiger partial charge in [-0.2, -0.15) is 0 Å². The van der Waals surface area contributed by atoms with Crippen LogP contribution in [0.15, 0.2) is 24.3 Å². The van der Waals surface area contributed by atoms with Crippen molar-refractivity contribution >= 4 is 27.5 Å². The predicted molar refractivity (Wildman–Crippen MR) is 80.2 cm³/mol. The van der Waals surface area contributed by atoms with Crippen molar-refractivity contribution in [3.05, 3.63) is 24.3 Å². The SMILES string of the molecule is COc1cccc(N2CCN(C(=O)C(C)Br)CC2)c1. The Balaban J connectivity index is 1.97. The number of methoxy groups -OCH3 is 1. The lowest BCUT2D eigenvalue weighted by Gasteiger charge is -2.36. The maximum atomic E-state index is 11.9. The van der Waals surface area contributed by atoms with Crippen molar-refractivity contribution in [3.63, 3.8) is 0 Å². The van der Waals surface area contributed by atoms with Gasteiger partial charge in [0.25, 0.3) is 0 Å². The summed E-state index contributed by atoms with van der Waals surface area (Å²) in [6, 6.07) is 8.04. The number of rotatable bonds is 3. The van der Waals surface area contributed by atoms with Crippen molar-refractivity contribution in [2.75, 3.05) is 38.2 Å². The van der Waals surface area contributed by atoms with E-state index in [0.717, 1.165) is 37.6 Å². The minimum atomic E-state index is -0.101. The van der Waals surface area contributed by atoms with Gasteiger partial charge in [0.15, 0.2) is 0 Å². The molecule has 0 N–H and O–H groups in total. The molecule has 1 aromatic carbocycles. The van der Waals surface area contributed by atoms with Crippen molar-refractivity contribution in [2.24, 2.45) is 0 Å². The monoisotopic (exact) mass is 326 g/mol. The molecule has 0 bridgehead atoms. The summed E-state index contributed by atoms with van der Waals surface area (Å²) in [5.74, 6) is 1.04. The van der Waals surface area contributed by atoms with E-state index < -0.39 is 0 Å². The number of carbonyl (C=O) groups is 1. The highest BCUT2D eigenvalue weighted by atomic mass is 79.9. The van der Waals surface area contributed by atoms with Gasteiger partial charge in [0, 0.05) is 37.9 Å². The van der Waals surface area contributed by atoms with Crippen LogP contribution in [0.1, 0.15) is 6.92 Å². The Kier molecular flexibility index (Phi) is 4.69. The molecule has 104 valence electrons. The molecule has 2 rings (SSSR count). The van der Waals surface area contributed by atoms with Gasteiger partial charge in [-0.25, -0.2) is 0 Å². The van der Waals surface area contributed by atoms with Crippen LogP contribution in [0.4, 0.5) is 5.69 Å². The van der Waals surface area contributed by atoms with E-state index in [1.807, 2.05) is 30.0 Å². The van der Waals surface area contributed by atoms with Gasteiger partial charge in [0.1, 0.15) is 5.75 Å². The summed E-state index contributed by atoms with van der Waals surface area (Å²) in [6.07, 6.45) is 0. The minimum absolute atomic E-state index is 0.101. The molecule has 19 heavy (non-hydrogen) atoms. The summed E-state index contributed by atoms with van der Waals surface area (Å²) in [5.41, 5.74) is 1.15. The maximum Gasteiger partial charge on any atom is 0.236 e. The molecule has 0 aromatic heterocycles. The number of benzene rings is 1. The molecule has 1 atom stereocenters. The Labute approximate surface area is 122 Å². The van der Waals surface area contributed by atoms with E-state index >= 15 is 0 Å². The van der Waals surface area contributed by atoms with Crippen molar-refractivity contribution in [2.45, 2.75) is 11.8 Å². The van der Waals surface area contributed by atoms with Gasteiger partial charge >= 0.3 is 0 Å². The number of ether oxygens (including phenoxy) is 1. The Bertz CT molecular complexity index is 443. The van der Waals surface area contributed by atoms with Gasteiger partial charge < -0.3 is 14.5 Å². The van der Waals surface area contributed by atoms with Crippen LogP contribution < -0.4 is 9.64 Å². The molecule has 1 unspecified atom stereocenters. The van der Waals surface area contributed by atoms with E-state index in [0.29, 0.717) is 0 Å². The fraction of sp³-hybridized carbons (Fsp3) is 0.500. The standard InChI is InChI=1S/C14H19BrN2O2/c1-11(15)14(18)17-8-6-16(7-9-17)12-4-3-5-13(10-12)19-2/h3-5,10-11H,6-9H2,1-2H3. The molecular formula is C14H19BrN2O2. The molecule has 4 nitrogen and oxygen atoms in total. The van der Waals surface area contributed by atoms with Gasteiger partial charge in [-0.15, -0.1) is 0 Å². The summed E-state index contributed by atoms with van der Waals surface area (Å²) in [6.45, 7) is 5.13. The third kappa shape index (κ3) is 3.41. The average Bonchev–Trinajstić information content (AvgIpc) is 2.46. The van der Waals surface area contributed by atoms with Crippen molar-refractivity contribution in [3.8, 4) is 5.75 Å². The van der Waals surface area contributed by atoms with E-state index in [1.165, 1.54) is 0 Å². The first kappa shape index (κ1) is 14.2. The Morgan fingerprint density at radius 2 is 2.00 bits per heavy atom. The van der Waals surface area contributed by atoms with Crippen molar-refractivity contribution in [1.29, 1.82) is 0 Å². The van der Waals surface area contributed by atoms with E-state index in [-0.39, 0.29) is 10.7 Å². The first-order valence-electron chi connectivity index (χ1n) is 6.43. The number of anilines is 1. The highest BCUT2D eigenvalue weighted by molar-refractivity contribution is 9.10. The second-order valence-electron chi connectivity index (χ2n) is 4.63. The van der Waals surface area contributed by atoms with E-state index in [9.17, 15) is 4.79 Å². The lowest BCUT2D eigenvalue weighted by atomic mass is 10.2. The fourth-order valence-electron chi connectivity index (χ4n) is 2.24. The van der Waals surface area contributed by atoms with Gasteiger partial charge in [-0.05, 0) is 19.1 Å². The zero-order valence-corrected chi connectivity index (χ0v) is 12.9. The largest absolute Gasteiger partial charge is 0.497 e. The number of hydrogen-bond acceptors (Lipinski definition) is 3. The summed E-state index contributed by atoms with van der Waals surface area (Å²) in [5, 5.41) is 0. The molecule has 0 aliphatic carbocycles. The molecule has 5 heteroatoms. The third-order valence-corrected chi connectivity index (χ3v) is 3.74. The van der Waals surface area contributed by atoms with Crippen LogP contribution in [0.2, 0.25) is 0 Å². The molecule has 0 spiro atoms. The zero-order chi connectivity index (χ0) is 13.8. The second-order valence-corrected chi connectivity index (χ2v) is 6.00. The molecule has 1 aliphatic rings. The molecule has 1 aromatic rings. The summed E-state index contributed by atoms with van der Waals surface area (Å²) < 4.78 is 5.24.